The van der Waals surface area contributed by atoms with E-state index in [-0.39, 0.29) is 0 Å². The Morgan fingerprint density at radius 3 is 1.33 bits per heavy atom. The second-order valence-electron chi connectivity index (χ2n) is 4.33. The second-order valence-corrected chi connectivity index (χ2v) is 20.8. The highest BCUT2D eigenvalue weighted by molar-refractivity contribution is 7.14. The lowest BCUT2D eigenvalue weighted by Crippen LogP contribution is -2.42. The van der Waals surface area contributed by atoms with Gasteiger partial charge in [0.15, 0.2) is 8.32 Å². The summed E-state index contributed by atoms with van der Waals surface area (Å²) in [6.07, 6.45) is 0. The fourth-order valence-corrected chi connectivity index (χ4v) is 13.8. The highest BCUT2D eigenvalue weighted by Gasteiger charge is 2.23. The third-order valence-electron chi connectivity index (χ3n) is 0.612. The van der Waals surface area contributed by atoms with Crippen molar-refractivity contribution in [1.29, 1.82) is 0 Å². The number of hydrogen-bond acceptors (Lipinski definition) is 1. The largest absolute Gasteiger partial charge is 0.459 e. The van der Waals surface area contributed by atoms with Gasteiger partial charge in [-0.15, -0.1) is 0 Å². The van der Waals surface area contributed by atoms with Crippen LogP contribution in [0.4, 0.5) is 0 Å². The van der Waals surface area contributed by atoms with Crippen LogP contribution in [-0.4, -0.2) is 25.9 Å². The maximum Gasteiger partial charge on any atom is 0.170 e. The minimum atomic E-state index is -1.20. The maximum atomic E-state index is 5.96. The average molecular weight is 178 g/mol. The summed E-state index contributed by atoms with van der Waals surface area (Å²) in [5.41, 5.74) is 0. The van der Waals surface area contributed by atoms with E-state index in [1.807, 2.05) is 0 Å². The monoisotopic (exact) mass is 178 g/mol. The summed E-state index contributed by atoms with van der Waals surface area (Å²) in [7, 11) is -1.03. The molecule has 0 fully saturated rings. The molecule has 0 aliphatic rings. The Bertz CT molecular complexity index is 77.4. The van der Waals surface area contributed by atoms with Gasteiger partial charge >= 0.3 is 0 Å². The minimum Gasteiger partial charge on any atom is -0.459 e. The molecule has 0 unspecified atom stereocenters. The van der Waals surface area contributed by atoms with Crippen molar-refractivity contribution in [2.75, 3.05) is 0 Å². The van der Waals surface area contributed by atoms with E-state index in [1.54, 1.807) is 0 Å². The Morgan fingerprint density at radius 1 is 1.00 bits per heavy atom. The van der Waals surface area contributed by atoms with Gasteiger partial charge in [0.1, 0.15) is 7.83 Å². The van der Waals surface area contributed by atoms with Crippen LogP contribution in [0, 0.1) is 0 Å². The lowest BCUT2D eigenvalue weighted by atomic mass is 11.8. The van der Waals surface area contributed by atoms with Gasteiger partial charge in [0.2, 0.25) is 0 Å². The van der Waals surface area contributed by atoms with E-state index in [4.69, 9.17) is 4.12 Å². The molecule has 0 aromatic carbocycles. The second kappa shape index (κ2) is 2.69. The Kier molecular flexibility index (Phi) is 2.87. The van der Waals surface area contributed by atoms with Crippen LogP contribution < -0.4 is 0 Å². The van der Waals surface area contributed by atoms with Gasteiger partial charge in [-0.3, -0.25) is 0 Å². The summed E-state index contributed by atoms with van der Waals surface area (Å²) in [5, 5.41) is 0. The first-order valence-corrected chi connectivity index (χ1v) is 13.2. The van der Waals surface area contributed by atoms with Crippen LogP contribution in [-0.2, 0) is 4.12 Å². The van der Waals surface area contributed by atoms with Crippen LogP contribution in [0.3, 0.4) is 0 Å². The summed E-state index contributed by atoms with van der Waals surface area (Å²) in [5.74, 6) is 0. The molecule has 0 saturated carbocycles. The molecule has 0 atom stereocenters. The predicted molar refractivity (Wildman–Crippen MR) is 51.9 cm³/mol. The van der Waals surface area contributed by atoms with Crippen LogP contribution in [0.15, 0.2) is 0 Å². The van der Waals surface area contributed by atoms with Crippen LogP contribution in [0.2, 0.25) is 32.7 Å². The molecule has 56 valence electrons. The third kappa shape index (κ3) is 8.61. The summed E-state index contributed by atoms with van der Waals surface area (Å²) in [6, 6.07) is 0. The SMILES string of the molecule is C[Si](C)(C)O[Si](C)(C)[SiH3]. The average Bonchev–Trinajstić information content (AvgIpc) is 1.14. The molecule has 0 aromatic rings. The van der Waals surface area contributed by atoms with Gasteiger partial charge in [-0.2, -0.15) is 0 Å². The summed E-state index contributed by atoms with van der Waals surface area (Å²) in [6.45, 7) is 11.4. The van der Waals surface area contributed by atoms with E-state index in [0.29, 0.717) is 0 Å². The van der Waals surface area contributed by atoms with E-state index in [0.717, 1.165) is 0 Å². The first-order valence-electron chi connectivity index (χ1n) is 3.41. The molecular weight excluding hydrogens is 160 g/mol. The van der Waals surface area contributed by atoms with Crippen LogP contribution in [0.25, 0.3) is 0 Å². The molecule has 0 aliphatic heterocycles. The van der Waals surface area contributed by atoms with Gasteiger partial charge in [-0.05, 0) is 32.7 Å². The van der Waals surface area contributed by atoms with Crippen molar-refractivity contribution in [2.24, 2.45) is 0 Å². The van der Waals surface area contributed by atoms with Gasteiger partial charge in [-0.1, -0.05) is 0 Å². The van der Waals surface area contributed by atoms with Crippen molar-refractivity contribution in [3.63, 3.8) is 0 Å². The van der Waals surface area contributed by atoms with Crippen molar-refractivity contribution in [3.05, 3.63) is 0 Å². The molecule has 1 nitrogen and oxygen atoms in total. The van der Waals surface area contributed by atoms with Gasteiger partial charge in [-0.25, -0.2) is 0 Å². The minimum absolute atomic E-state index is 1.09. The van der Waals surface area contributed by atoms with E-state index in [9.17, 15) is 0 Å². The molecule has 0 radical (unpaired) electrons. The Balaban J connectivity index is 3.75. The number of rotatable bonds is 2. The third-order valence-corrected chi connectivity index (χ3v) is 7.35. The zero-order valence-electron chi connectivity index (χ0n) is 7.41. The van der Waals surface area contributed by atoms with Crippen molar-refractivity contribution in [2.45, 2.75) is 32.7 Å². The van der Waals surface area contributed by atoms with Crippen molar-refractivity contribution < 1.29 is 4.12 Å². The normalized spacial score (nSPS) is 14.3. The molecule has 0 aromatic heterocycles. The molecule has 9 heavy (non-hydrogen) atoms. The summed E-state index contributed by atoms with van der Waals surface area (Å²) < 4.78 is 5.96. The van der Waals surface area contributed by atoms with Crippen LogP contribution in [0.5, 0.6) is 0 Å². The first kappa shape index (κ1) is 9.61. The van der Waals surface area contributed by atoms with E-state index < -0.39 is 16.2 Å². The first-order chi connectivity index (χ1) is 3.71. The molecule has 0 bridgehead atoms. The molecule has 0 saturated heterocycles. The molecule has 0 amide bonds. The molecule has 0 rings (SSSR count). The van der Waals surface area contributed by atoms with Crippen molar-refractivity contribution in [3.8, 4) is 0 Å². The van der Waals surface area contributed by atoms with Gasteiger partial charge in [0.25, 0.3) is 0 Å². The van der Waals surface area contributed by atoms with Crippen molar-refractivity contribution in [1.82, 2.24) is 0 Å². The summed E-state index contributed by atoms with van der Waals surface area (Å²) in [4.78, 5) is 0. The highest BCUT2D eigenvalue weighted by Crippen LogP contribution is 2.09. The van der Waals surface area contributed by atoms with Gasteiger partial charge < -0.3 is 4.12 Å². The standard InChI is InChI=1S/C5H18OSi3/c1-8(2,3)6-9(4,5)7/h1-5,7H3. The van der Waals surface area contributed by atoms with E-state index in [2.05, 4.69) is 32.7 Å². The highest BCUT2D eigenvalue weighted by atomic mass is 29.2. The van der Waals surface area contributed by atoms with Gasteiger partial charge in [0.05, 0.1) is 0 Å². The Labute approximate surface area is 63.3 Å². The van der Waals surface area contributed by atoms with Gasteiger partial charge in [0, 0.05) is 9.76 Å². The zero-order valence-corrected chi connectivity index (χ0v) is 11.4. The zero-order chi connectivity index (χ0) is 7.71. The van der Waals surface area contributed by atoms with Crippen LogP contribution >= 0.6 is 0 Å². The smallest absolute Gasteiger partial charge is 0.170 e. The van der Waals surface area contributed by atoms with E-state index in [1.165, 1.54) is 9.76 Å². The maximum absolute atomic E-state index is 5.96. The topological polar surface area (TPSA) is 9.23 Å². The Hall–Kier alpha value is 0.611. The lowest BCUT2D eigenvalue weighted by molar-refractivity contribution is 0.574. The molecule has 4 heteroatoms. The van der Waals surface area contributed by atoms with Crippen molar-refractivity contribution >= 4 is 25.9 Å². The fraction of sp³-hybridized carbons (Fsp3) is 1.00. The quantitative estimate of drug-likeness (QED) is 0.571. The van der Waals surface area contributed by atoms with E-state index >= 15 is 0 Å². The number of hydrogen-bond donors (Lipinski definition) is 0. The molecular formula is C5H18OSi3. The lowest BCUT2D eigenvalue weighted by Gasteiger charge is -2.28. The molecule has 0 aliphatic carbocycles. The molecule has 0 N–H and O–H groups in total. The fourth-order valence-electron chi connectivity index (χ4n) is 0.919. The predicted octanol–water partition coefficient (Wildman–Crippen LogP) is 0.905. The van der Waals surface area contributed by atoms with Crippen LogP contribution in [0.1, 0.15) is 0 Å². The molecule has 0 spiro atoms. The summed E-state index contributed by atoms with van der Waals surface area (Å²) >= 11 is 0. The Morgan fingerprint density at radius 2 is 1.33 bits per heavy atom. The molecule has 0 heterocycles.